The SMILES string of the molecule is O=[N+]([O-])c1ccc(C2(F)C=C(F)C=CC2)c([N+](=O)[O-])c1. The summed E-state index contributed by atoms with van der Waals surface area (Å²) < 4.78 is 27.8. The van der Waals surface area contributed by atoms with Gasteiger partial charge in [-0.1, -0.05) is 6.08 Å². The van der Waals surface area contributed by atoms with Crippen molar-refractivity contribution >= 4 is 11.4 Å². The predicted molar refractivity (Wildman–Crippen MR) is 65.5 cm³/mol. The number of halogens is 2. The minimum Gasteiger partial charge on any atom is -0.258 e. The van der Waals surface area contributed by atoms with Crippen LogP contribution < -0.4 is 0 Å². The van der Waals surface area contributed by atoms with E-state index in [0.29, 0.717) is 12.1 Å². The first kappa shape index (κ1) is 13.8. The molecule has 0 heterocycles. The number of hydrogen-bond donors (Lipinski definition) is 0. The Balaban J connectivity index is 2.60. The summed E-state index contributed by atoms with van der Waals surface area (Å²) in [5, 5.41) is 21.5. The van der Waals surface area contributed by atoms with Crippen LogP contribution in [0.4, 0.5) is 20.2 Å². The van der Waals surface area contributed by atoms with Gasteiger partial charge in [-0.3, -0.25) is 20.2 Å². The lowest BCUT2D eigenvalue weighted by atomic mass is 9.87. The van der Waals surface area contributed by atoms with E-state index in [1.807, 2.05) is 0 Å². The van der Waals surface area contributed by atoms with Gasteiger partial charge in [0.2, 0.25) is 0 Å². The summed E-state index contributed by atoms with van der Waals surface area (Å²) in [4.78, 5) is 19.8. The molecule has 1 atom stereocenters. The van der Waals surface area contributed by atoms with E-state index in [1.54, 1.807) is 0 Å². The Morgan fingerprint density at radius 3 is 2.45 bits per heavy atom. The Labute approximate surface area is 111 Å². The monoisotopic (exact) mass is 282 g/mol. The standard InChI is InChI=1S/C12H8F2N2O4/c13-8-2-1-5-12(14,7-8)10-4-3-9(15(17)18)6-11(10)16(19)20/h1-4,6-7H,5H2. The molecule has 104 valence electrons. The normalized spacial score (nSPS) is 21.4. The third-order valence-corrected chi connectivity index (χ3v) is 2.90. The highest BCUT2D eigenvalue weighted by Gasteiger charge is 2.38. The van der Waals surface area contributed by atoms with Crippen LogP contribution in [-0.4, -0.2) is 9.85 Å². The lowest BCUT2D eigenvalue weighted by Crippen LogP contribution is -2.20. The smallest absolute Gasteiger partial charge is 0.258 e. The second-order valence-electron chi connectivity index (χ2n) is 4.21. The van der Waals surface area contributed by atoms with Gasteiger partial charge in [0.25, 0.3) is 11.4 Å². The van der Waals surface area contributed by atoms with Crippen LogP contribution in [0.2, 0.25) is 0 Å². The molecule has 8 heteroatoms. The number of alkyl halides is 1. The van der Waals surface area contributed by atoms with Crippen molar-refractivity contribution in [2.24, 2.45) is 0 Å². The average molecular weight is 282 g/mol. The Bertz CT molecular complexity index is 657. The molecule has 1 aliphatic rings. The molecule has 0 amide bonds. The van der Waals surface area contributed by atoms with E-state index in [2.05, 4.69) is 0 Å². The Morgan fingerprint density at radius 1 is 1.20 bits per heavy atom. The molecule has 6 nitrogen and oxygen atoms in total. The molecule has 0 aromatic heterocycles. The van der Waals surface area contributed by atoms with Crippen LogP contribution in [0.1, 0.15) is 12.0 Å². The Kier molecular flexibility index (Phi) is 3.31. The zero-order valence-electron chi connectivity index (χ0n) is 9.95. The molecular formula is C12H8F2N2O4. The van der Waals surface area contributed by atoms with Crippen LogP contribution >= 0.6 is 0 Å². The van der Waals surface area contributed by atoms with Crippen molar-refractivity contribution in [1.82, 2.24) is 0 Å². The number of nitro groups is 2. The number of hydrogen-bond acceptors (Lipinski definition) is 4. The van der Waals surface area contributed by atoms with Gasteiger partial charge < -0.3 is 0 Å². The molecule has 1 aliphatic carbocycles. The third kappa shape index (κ3) is 2.40. The molecule has 0 spiro atoms. The average Bonchev–Trinajstić information content (AvgIpc) is 2.37. The van der Waals surface area contributed by atoms with Crippen LogP contribution in [-0.2, 0) is 5.67 Å². The van der Waals surface area contributed by atoms with Crippen molar-refractivity contribution in [3.05, 3.63) is 68.0 Å². The maximum Gasteiger partial charge on any atom is 0.283 e. The molecule has 0 fully saturated rings. The molecule has 0 bridgehead atoms. The molecule has 1 aromatic rings. The lowest BCUT2D eigenvalue weighted by Gasteiger charge is -2.22. The van der Waals surface area contributed by atoms with Gasteiger partial charge in [0, 0.05) is 12.5 Å². The molecule has 0 radical (unpaired) electrons. The summed E-state index contributed by atoms with van der Waals surface area (Å²) >= 11 is 0. The van der Waals surface area contributed by atoms with E-state index in [4.69, 9.17) is 0 Å². The highest BCUT2D eigenvalue weighted by molar-refractivity contribution is 5.54. The first-order valence-electron chi connectivity index (χ1n) is 5.50. The topological polar surface area (TPSA) is 86.3 Å². The van der Waals surface area contributed by atoms with E-state index in [1.165, 1.54) is 6.08 Å². The second-order valence-corrected chi connectivity index (χ2v) is 4.21. The van der Waals surface area contributed by atoms with Gasteiger partial charge in [-0.05, 0) is 18.2 Å². The van der Waals surface area contributed by atoms with Crippen molar-refractivity contribution in [1.29, 1.82) is 0 Å². The molecular weight excluding hydrogens is 274 g/mol. The van der Waals surface area contributed by atoms with Crippen molar-refractivity contribution in [3.63, 3.8) is 0 Å². The van der Waals surface area contributed by atoms with Gasteiger partial charge in [0.1, 0.15) is 5.83 Å². The van der Waals surface area contributed by atoms with Gasteiger partial charge in [0.05, 0.1) is 21.5 Å². The van der Waals surface area contributed by atoms with Crippen molar-refractivity contribution in [2.45, 2.75) is 12.1 Å². The van der Waals surface area contributed by atoms with Gasteiger partial charge in [-0.15, -0.1) is 0 Å². The number of rotatable bonds is 3. The van der Waals surface area contributed by atoms with Crippen molar-refractivity contribution < 1.29 is 18.6 Å². The van der Waals surface area contributed by atoms with Crippen LogP contribution in [0.15, 0.2) is 42.3 Å². The maximum atomic E-state index is 14.7. The van der Waals surface area contributed by atoms with Crippen LogP contribution in [0.25, 0.3) is 0 Å². The summed E-state index contributed by atoms with van der Waals surface area (Å²) in [6.45, 7) is 0. The highest BCUT2D eigenvalue weighted by Crippen LogP contribution is 2.41. The third-order valence-electron chi connectivity index (χ3n) is 2.90. The summed E-state index contributed by atoms with van der Waals surface area (Å²) in [5.41, 5.74) is -4.08. The summed E-state index contributed by atoms with van der Waals surface area (Å²) in [7, 11) is 0. The highest BCUT2D eigenvalue weighted by atomic mass is 19.1. The molecule has 20 heavy (non-hydrogen) atoms. The zero-order valence-corrected chi connectivity index (χ0v) is 9.95. The largest absolute Gasteiger partial charge is 0.283 e. The quantitative estimate of drug-likeness (QED) is 0.627. The zero-order chi connectivity index (χ0) is 14.9. The fraction of sp³-hybridized carbons (Fsp3) is 0.167. The van der Waals surface area contributed by atoms with Crippen LogP contribution in [0, 0.1) is 20.2 Å². The van der Waals surface area contributed by atoms with Gasteiger partial charge in [-0.2, -0.15) is 0 Å². The van der Waals surface area contributed by atoms with E-state index in [9.17, 15) is 29.0 Å². The van der Waals surface area contributed by atoms with Crippen molar-refractivity contribution in [2.75, 3.05) is 0 Å². The number of nitro benzene ring substituents is 2. The molecule has 0 saturated carbocycles. The molecule has 1 unspecified atom stereocenters. The maximum absolute atomic E-state index is 14.7. The predicted octanol–water partition coefficient (Wildman–Crippen LogP) is 3.48. The lowest BCUT2D eigenvalue weighted by molar-refractivity contribution is -0.395. The second kappa shape index (κ2) is 4.80. The van der Waals surface area contributed by atoms with E-state index in [0.717, 1.165) is 18.2 Å². The minimum absolute atomic E-state index is 0.279. The molecule has 2 rings (SSSR count). The van der Waals surface area contributed by atoms with Crippen LogP contribution in [0.3, 0.4) is 0 Å². The fourth-order valence-electron chi connectivity index (χ4n) is 1.99. The number of allylic oxidation sites excluding steroid dienone is 4. The summed E-state index contributed by atoms with van der Waals surface area (Å²) in [6.07, 6.45) is 2.61. The number of nitrogens with zero attached hydrogens (tertiary/aromatic N) is 2. The van der Waals surface area contributed by atoms with Gasteiger partial charge in [0.15, 0.2) is 5.67 Å². The summed E-state index contributed by atoms with van der Waals surface area (Å²) in [5.74, 6) is -0.855. The molecule has 0 saturated heterocycles. The summed E-state index contributed by atoms with van der Waals surface area (Å²) in [6, 6.07) is 2.56. The number of non-ortho nitro benzene ring substituents is 1. The van der Waals surface area contributed by atoms with E-state index >= 15 is 0 Å². The van der Waals surface area contributed by atoms with Crippen molar-refractivity contribution in [3.8, 4) is 0 Å². The van der Waals surface area contributed by atoms with E-state index in [-0.39, 0.29) is 6.42 Å². The first-order valence-corrected chi connectivity index (χ1v) is 5.50. The van der Waals surface area contributed by atoms with Gasteiger partial charge >= 0.3 is 0 Å². The van der Waals surface area contributed by atoms with E-state index < -0.39 is 38.3 Å². The molecule has 0 N–H and O–H groups in total. The minimum atomic E-state index is -2.39. The van der Waals surface area contributed by atoms with Crippen LogP contribution in [0.5, 0.6) is 0 Å². The first-order chi connectivity index (χ1) is 9.33. The molecule has 1 aromatic carbocycles. The Hall–Kier alpha value is -2.64. The fourth-order valence-corrected chi connectivity index (χ4v) is 1.99. The Morgan fingerprint density at radius 2 is 1.90 bits per heavy atom. The molecule has 0 aliphatic heterocycles. The van der Waals surface area contributed by atoms with Gasteiger partial charge in [-0.25, -0.2) is 8.78 Å². The number of benzene rings is 1.